The predicted molar refractivity (Wildman–Crippen MR) is 105 cm³/mol. The van der Waals surface area contributed by atoms with E-state index >= 15 is 0 Å². The van der Waals surface area contributed by atoms with Crippen molar-refractivity contribution in [3.63, 3.8) is 0 Å². The third kappa shape index (κ3) is 3.21. The molecule has 1 fully saturated rings. The number of aromatic nitrogens is 6. The van der Waals surface area contributed by atoms with E-state index in [1.807, 2.05) is 30.3 Å². The molecule has 1 saturated heterocycles. The van der Waals surface area contributed by atoms with Crippen molar-refractivity contribution < 1.29 is 14.0 Å². The number of rotatable bonds is 5. The molecule has 11 heteroatoms. The first-order valence-corrected chi connectivity index (χ1v) is 9.40. The number of carbonyl (C=O) groups excluding carboxylic acids is 2. The van der Waals surface area contributed by atoms with Gasteiger partial charge in [0.2, 0.25) is 11.8 Å². The van der Waals surface area contributed by atoms with Crippen LogP contribution in [0.1, 0.15) is 18.4 Å². The minimum atomic E-state index is -1.26. The molecule has 0 aliphatic carbocycles. The number of tetrazole rings is 1. The van der Waals surface area contributed by atoms with Crippen LogP contribution in [0.25, 0.3) is 17.1 Å². The Bertz CT molecular complexity index is 1250. The van der Waals surface area contributed by atoms with Crippen LogP contribution < -0.4 is 5.32 Å². The number of hydrogen-bond acceptors (Lipinski definition) is 8. The van der Waals surface area contributed by atoms with E-state index in [-0.39, 0.29) is 12.4 Å². The first kappa shape index (κ1) is 18.6. The topological polar surface area (TPSA) is 132 Å². The lowest BCUT2D eigenvalue weighted by molar-refractivity contribution is -0.131. The molecule has 3 heterocycles. The third-order valence-corrected chi connectivity index (χ3v) is 5.09. The van der Waals surface area contributed by atoms with Crippen LogP contribution in [0.15, 0.2) is 65.3 Å². The molecule has 1 aliphatic heterocycles. The maximum Gasteiger partial charge on any atom is 0.325 e. The summed E-state index contributed by atoms with van der Waals surface area (Å²) in [6.07, 6.45) is 1.45. The monoisotopic (exact) mass is 416 g/mol. The molecule has 0 saturated carbocycles. The van der Waals surface area contributed by atoms with Crippen LogP contribution in [-0.2, 0) is 16.9 Å². The second-order valence-electron chi connectivity index (χ2n) is 7.12. The number of carbonyl (C=O) groups is 2. The van der Waals surface area contributed by atoms with E-state index in [4.69, 9.17) is 4.42 Å². The highest BCUT2D eigenvalue weighted by atomic mass is 16.4. The van der Waals surface area contributed by atoms with Crippen molar-refractivity contribution in [3.8, 4) is 17.1 Å². The molecule has 0 spiro atoms. The van der Waals surface area contributed by atoms with Gasteiger partial charge in [0, 0.05) is 5.56 Å². The lowest BCUT2D eigenvalue weighted by atomic mass is 9.91. The second kappa shape index (κ2) is 7.13. The Morgan fingerprint density at radius 2 is 1.90 bits per heavy atom. The van der Waals surface area contributed by atoms with E-state index in [9.17, 15) is 9.59 Å². The normalized spacial score (nSPS) is 18.4. The van der Waals surface area contributed by atoms with Crippen LogP contribution in [0.5, 0.6) is 0 Å². The fraction of sp³-hybridized carbons (Fsp3) is 0.150. The van der Waals surface area contributed by atoms with Gasteiger partial charge in [-0.25, -0.2) is 9.48 Å². The minimum absolute atomic E-state index is 0.132. The average molecular weight is 416 g/mol. The molecule has 2 aromatic carbocycles. The average Bonchev–Trinajstić information content (AvgIpc) is 3.53. The quantitative estimate of drug-likeness (QED) is 0.486. The Labute approximate surface area is 175 Å². The van der Waals surface area contributed by atoms with Gasteiger partial charge in [0.05, 0.1) is 5.69 Å². The molecule has 5 rings (SSSR count). The maximum absolute atomic E-state index is 13.2. The summed E-state index contributed by atoms with van der Waals surface area (Å²) in [5, 5.41) is 21.8. The number of hydrogen-bond donors (Lipinski definition) is 1. The van der Waals surface area contributed by atoms with E-state index in [0.717, 1.165) is 10.5 Å². The number of benzene rings is 2. The number of nitrogens with zero attached hydrogens (tertiary/aromatic N) is 7. The Balaban J connectivity index is 1.40. The van der Waals surface area contributed by atoms with Crippen LogP contribution in [0, 0.1) is 0 Å². The lowest BCUT2D eigenvalue weighted by Crippen LogP contribution is -2.40. The van der Waals surface area contributed by atoms with E-state index in [1.165, 1.54) is 11.0 Å². The molecule has 1 N–H and O–H groups in total. The molecule has 4 aromatic rings. The van der Waals surface area contributed by atoms with Gasteiger partial charge >= 0.3 is 6.03 Å². The van der Waals surface area contributed by atoms with E-state index in [0.29, 0.717) is 17.1 Å². The van der Waals surface area contributed by atoms with Gasteiger partial charge in [0.15, 0.2) is 0 Å². The fourth-order valence-corrected chi connectivity index (χ4v) is 3.43. The Morgan fingerprint density at radius 3 is 2.68 bits per heavy atom. The summed E-state index contributed by atoms with van der Waals surface area (Å²) in [5.74, 6) is 0.0550. The molecule has 1 aliphatic rings. The van der Waals surface area contributed by atoms with E-state index in [1.54, 1.807) is 31.2 Å². The largest absolute Gasteiger partial charge is 0.419 e. The molecule has 2 aromatic heterocycles. The van der Waals surface area contributed by atoms with Crippen molar-refractivity contribution in [2.24, 2.45) is 0 Å². The van der Waals surface area contributed by atoms with Crippen molar-refractivity contribution >= 4 is 11.9 Å². The van der Waals surface area contributed by atoms with Gasteiger partial charge in [-0.3, -0.25) is 9.69 Å². The number of nitrogens with one attached hydrogen (secondary N) is 1. The van der Waals surface area contributed by atoms with Crippen LogP contribution in [0.2, 0.25) is 0 Å². The van der Waals surface area contributed by atoms with Gasteiger partial charge in [-0.15, -0.1) is 15.3 Å². The van der Waals surface area contributed by atoms with Crippen LogP contribution in [0.3, 0.4) is 0 Å². The van der Waals surface area contributed by atoms with E-state index < -0.39 is 17.5 Å². The van der Waals surface area contributed by atoms with Crippen molar-refractivity contribution in [1.29, 1.82) is 0 Å². The van der Waals surface area contributed by atoms with Gasteiger partial charge in [0.25, 0.3) is 5.91 Å². The van der Waals surface area contributed by atoms with Crippen LogP contribution >= 0.6 is 0 Å². The minimum Gasteiger partial charge on any atom is -0.419 e. The molecule has 0 unspecified atom stereocenters. The van der Waals surface area contributed by atoms with Crippen molar-refractivity contribution in [2.45, 2.75) is 19.0 Å². The van der Waals surface area contributed by atoms with Gasteiger partial charge < -0.3 is 9.73 Å². The third-order valence-electron chi connectivity index (χ3n) is 5.09. The van der Waals surface area contributed by atoms with E-state index in [2.05, 4.69) is 31.0 Å². The maximum atomic E-state index is 13.2. The van der Waals surface area contributed by atoms with Gasteiger partial charge in [-0.1, -0.05) is 30.3 Å². The van der Waals surface area contributed by atoms with Gasteiger partial charge in [-0.05, 0) is 47.2 Å². The van der Waals surface area contributed by atoms with Crippen molar-refractivity contribution in [1.82, 2.24) is 40.6 Å². The molecule has 1 atom stereocenters. The lowest BCUT2D eigenvalue weighted by Gasteiger charge is -2.22. The molecular formula is C20H16N8O3. The molecular weight excluding hydrogens is 400 g/mol. The standard InChI is InChI=1S/C20H16N8O3/c1-20(14-8-5-9-15(10-14)28-12-21-25-26-28)18(29)27(19(30)22-20)11-16-23-24-17(31-16)13-6-3-2-4-7-13/h2-10,12H,11H2,1H3,(H,22,30)/t20-/m1/s1. The molecule has 0 bridgehead atoms. The summed E-state index contributed by atoms with van der Waals surface area (Å²) in [6.45, 7) is 1.52. The highest BCUT2D eigenvalue weighted by molar-refractivity contribution is 6.07. The highest BCUT2D eigenvalue weighted by Crippen LogP contribution is 2.31. The SMILES string of the molecule is C[C@]1(c2cccc(-n3cnnn3)c2)NC(=O)N(Cc2nnc(-c3ccccc3)o2)C1=O. The first-order chi connectivity index (χ1) is 15.0. The Kier molecular flexibility index (Phi) is 4.28. The second-order valence-corrected chi connectivity index (χ2v) is 7.12. The zero-order valence-electron chi connectivity index (χ0n) is 16.3. The van der Waals surface area contributed by atoms with Crippen LogP contribution in [-0.4, -0.2) is 47.2 Å². The number of amides is 3. The first-order valence-electron chi connectivity index (χ1n) is 9.40. The number of imide groups is 1. The van der Waals surface area contributed by atoms with Gasteiger partial charge in [-0.2, -0.15) is 0 Å². The summed E-state index contributed by atoms with van der Waals surface area (Å²) < 4.78 is 7.12. The zero-order valence-corrected chi connectivity index (χ0v) is 16.3. The van der Waals surface area contributed by atoms with Gasteiger partial charge in [0.1, 0.15) is 18.4 Å². The summed E-state index contributed by atoms with van der Waals surface area (Å²) >= 11 is 0. The molecule has 31 heavy (non-hydrogen) atoms. The predicted octanol–water partition coefficient (Wildman–Crippen LogP) is 1.68. The molecule has 154 valence electrons. The molecule has 0 radical (unpaired) electrons. The Hall–Kier alpha value is -4.41. The molecule has 3 amide bonds. The fourth-order valence-electron chi connectivity index (χ4n) is 3.43. The number of urea groups is 1. The van der Waals surface area contributed by atoms with Crippen molar-refractivity contribution in [3.05, 3.63) is 72.4 Å². The van der Waals surface area contributed by atoms with Crippen LogP contribution in [0.4, 0.5) is 4.79 Å². The van der Waals surface area contributed by atoms with Crippen molar-refractivity contribution in [2.75, 3.05) is 0 Å². The highest BCUT2D eigenvalue weighted by Gasteiger charge is 2.49. The molecule has 11 nitrogen and oxygen atoms in total. The summed E-state index contributed by atoms with van der Waals surface area (Å²) in [5.41, 5.74) is 0.747. The smallest absolute Gasteiger partial charge is 0.325 e. The zero-order chi connectivity index (χ0) is 21.4. The summed E-state index contributed by atoms with van der Waals surface area (Å²) in [4.78, 5) is 26.9. The summed E-state index contributed by atoms with van der Waals surface area (Å²) in [7, 11) is 0. The summed E-state index contributed by atoms with van der Waals surface area (Å²) in [6, 6.07) is 15.8. The Morgan fingerprint density at radius 1 is 1.06 bits per heavy atom.